The van der Waals surface area contributed by atoms with Gasteiger partial charge in [0.1, 0.15) is 0 Å². The molecule has 0 spiro atoms. The molecule has 0 saturated carbocycles. The van der Waals surface area contributed by atoms with Crippen LogP contribution in [0.5, 0.6) is 0 Å². The lowest BCUT2D eigenvalue weighted by molar-refractivity contribution is 1.12. The number of allylic oxidation sites excluding steroid dienone is 1. The lowest BCUT2D eigenvalue weighted by Crippen LogP contribution is -2.29. The van der Waals surface area contributed by atoms with Crippen molar-refractivity contribution in [2.75, 3.05) is 0 Å². The highest BCUT2D eigenvalue weighted by molar-refractivity contribution is 8.02. The predicted octanol–water partition coefficient (Wildman–Crippen LogP) is 5.15. The van der Waals surface area contributed by atoms with Gasteiger partial charge in [0.2, 0.25) is 0 Å². The third kappa shape index (κ3) is 5.14. The summed E-state index contributed by atoms with van der Waals surface area (Å²) < 4.78 is 0. The van der Waals surface area contributed by atoms with E-state index in [4.69, 9.17) is 0 Å². The Kier molecular flexibility index (Phi) is 7.53. The fourth-order valence-corrected chi connectivity index (χ4v) is 2.46. The summed E-state index contributed by atoms with van der Waals surface area (Å²) >= 11 is 1.93. The van der Waals surface area contributed by atoms with Crippen LogP contribution in [0.1, 0.15) is 34.6 Å². The Morgan fingerprint density at radius 1 is 1.07 bits per heavy atom. The maximum absolute atomic E-state index is 2.39. The highest BCUT2D eigenvalue weighted by Crippen LogP contribution is 2.26. The molecule has 0 N–H and O–H groups in total. The molecule has 14 heavy (non-hydrogen) atoms. The average molecular weight is 213 g/mol. The molecule has 0 rings (SSSR count). The molecule has 0 radical (unpaired) electrons. The third-order valence-electron chi connectivity index (χ3n) is 3.68. The lowest BCUT2D eigenvalue weighted by Gasteiger charge is -2.34. The zero-order valence-corrected chi connectivity index (χ0v) is 11.4. The van der Waals surface area contributed by atoms with Crippen molar-refractivity contribution >= 4 is 17.9 Å². The van der Waals surface area contributed by atoms with Crippen molar-refractivity contribution in [3.63, 3.8) is 0 Å². The van der Waals surface area contributed by atoms with E-state index >= 15 is 0 Å². The molecular weight excluding hydrogens is 187 g/mol. The fourth-order valence-electron chi connectivity index (χ4n) is 1.92. The molecule has 0 nitrogen and oxygen atoms in total. The first kappa shape index (κ1) is 14.2. The van der Waals surface area contributed by atoms with Gasteiger partial charge in [0.15, 0.2) is 0 Å². The molecule has 0 saturated heterocycles. The topological polar surface area (TPSA) is 0 Å². The summed E-state index contributed by atoms with van der Waals surface area (Å²) in [5.74, 6) is 0. The van der Waals surface area contributed by atoms with Gasteiger partial charge >= 0.3 is 0 Å². The van der Waals surface area contributed by atoms with E-state index in [1.54, 1.807) is 0 Å². The fraction of sp³-hybridized carbons (Fsp3) is 0.833. The van der Waals surface area contributed by atoms with Gasteiger partial charge in [0, 0.05) is 11.4 Å². The summed E-state index contributed by atoms with van der Waals surface area (Å²) in [6, 6.07) is 0. The SMILES string of the molecule is CC[B-](CC)(CC)C/C=C/SC(C)C. The zero-order chi connectivity index (χ0) is 11.0. The second-order valence-corrected chi connectivity index (χ2v) is 6.24. The van der Waals surface area contributed by atoms with Crippen LogP contribution in [0, 0.1) is 0 Å². The molecule has 0 aromatic rings. The molecule has 0 aliphatic carbocycles. The minimum absolute atomic E-state index is 0.0904. The van der Waals surface area contributed by atoms with Gasteiger partial charge in [-0.1, -0.05) is 34.6 Å². The Morgan fingerprint density at radius 2 is 1.57 bits per heavy atom. The van der Waals surface area contributed by atoms with Crippen LogP contribution in [0.2, 0.25) is 25.3 Å². The molecule has 2 heteroatoms. The van der Waals surface area contributed by atoms with Crippen molar-refractivity contribution < 1.29 is 0 Å². The van der Waals surface area contributed by atoms with Crippen LogP contribution in [0.25, 0.3) is 0 Å². The van der Waals surface area contributed by atoms with E-state index in [1.807, 2.05) is 11.8 Å². The number of hydrogen-bond acceptors (Lipinski definition) is 1. The Balaban J connectivity index is 3.99. The quantitative estimate of drug-likeness (QED) is 0.527. The summed E-state index contributed by atoms with van der Waals surface area (Å²) in [7, 11) is 0. The van der Waals surface area contributed by atoms with E-state index < -0.39 is 0 Å². The number of thioether (sulfide) groups is 1. The van der Waals surface area contributed by atoms with Crippen LogP contribution < -0.4 is 0 Å². The minimum Gasteiger partial charge on any atom is -0.181 e. The number of rotatable bonds is 7. The monoisotopic (exact) mass is 213 g/mol. The minimum atomic E-state index is -0.0904. The zero-order valence-electron chi connectivity index (χ0n) is 10.5. The Morgan fingerprint density at radius 3 is 1.93 bits per heavy atom. The second kappa shape index (κ2) is 7.45. The summed E-state index contributed by atoms with van der Waals surface area (Å²) in [6.07, 6.45) is 7.70. The first-order valence-corrected chi connectivity index (χ1v) is 7.06. The van der Waals surface area contributed by atoms with Crippen LogP contribution in [0.3, 0.4) is 0 Å². The van der Waals surface area contributed by atoms with Gasteiger partial charge in [-0.3, -0.25) is 0 Å². The van der Waals surface area contributed by atoms with E-state index in [-0.39, 0.29) is 6.15 Å². The summed E-state index contributed by atoms with van der Waals surface area (Å²) in [4.78, 5) is 0. The van der Waals surface area contributed by atoms with Gasteiger partial charge in [-0.2, -0.15) is 25.3 Å². The van der Waals surface area contributed by atoms with Gasteiger partial charge in [-0.05, 0) is 5.41 Å². The molecule has 0 aromatic carbocycles. The normalized spacial score (nSPS) is 13.0. The third-order valence-corrected chi connectivity index (χ3v) is 4.58. The average Bonchev–Trinajstić information content (AvgIpc) is 2.19. The number of hydrogen-bond donors (Lipinski definition) is 0. The Bertz CT molecular complexity index is 151. The smallest absolute Gasteiger partial charge is 0.00366 e. The van der Waals surface area contributed by atoms with E-state index in [9.17, 15) is 0 Å². The summed E-state index contributed by atoms with van der Waals surface area (Å²) in [5, 5.41) is 3.01. The lowest BCUT2D eigenvalue weighted by atomic mass is 9.19. The van der Waals surface area contributed by atoms with Crippen LogP contribution in [-0.2, 0) is 0 Å². The summed E-state index contributed by atoms with van der Waals surface area (Å²) in [6.45, 7) is 11.5. The van der Waals surface area contributed by atoms with Gasteiger partial charge in [0.05, 0.1) is 0 Å². The molecule has 0 heterocycles. The van der Waals surface area contributed by atoms with E-state index in [0.29, 0.717) is 0 Å². The van der Waals surface area contributed by atoms with Crippen molar-refractivity contribution in [3.05, 3.63) is 11.5 Å². The van der Waals surface area contributed by atoms with Crippen molar-refractivity contribution in [2.24, 2.45) is 0 Å². The molecule has 0 unspecified atom stereocenters. The molecule has 0 atom stereocenters. The van der Waals surface area contributed by atoms with E-state index in [0.717, 1.165) is 5.25 Å². The van der Waals surface area contributed by atoms with Crippen LogP contribution >= 0.6 is 11.8 Å². The molecule has 0 aliphatic rings. The molecule has 0 aromatic heterocycles. The van der Waals surface area contributed by atoms with Gasteiger partial charge in [-0.25, -0.2) is 0 Å². The van der Waals surface area contributed by atoms with Gasteiger partial charge in [-0.15, -0.1) is 17.8 Å². The molecular formula is C12H26BS-. The Hall–Kier alpha value is 0.155. The van der Waals surface area contributed by atoms with Crippen LogP contribution in [0.15, 0.2) is 11.5 Å². The first-order chi connectivity index (χ1) is 6.60. The van der Waals surface area contributed by atoms with Crippen LogP contribution in [-0.4, -0.2) is 11.4 Å². The standard InChI is InChI=1S/C12H26BS/c1-6-13(7-2,8-3)10-9-11-14-12(4)5/h9,11-12H,6-8,10H2,1-5H3/q-1/b11-9+. The Labute approximate surface area is 94.8 Å². The van der Waals surface area contributed by atoms with Gasteiger partial charge < -0.3 is 0 Å². The highest BCUT2D eigenvalue weighted by Gasteiger charge is 2.16. The van der Waals surface area contributed by atoms with Crippen molar-refractivity contribution in [2.45, 2.75) is 65.1 Å². The first-order valence-electron chi connectivity index (χ1n) is 6.12. The maximum atomic E-state index is 2.39. The maximum Gasteiger partial charge on any atom is 0.00366 e. The van der Waals surface area contributed by atoms with Gasteiger partial charge in [0.25, 0.3) is 0 Å². The molecule has 0 aliphatic heterocycles. The van der Waals surface area contributed by atoms with Crippen molar-refractivity contribution in [1.82, 2.24) is 0 Å². The predicted molar refractivity (Wildman–Crippen MR) is 73.9 cm³/mol. The largest absolute Gasteiger partial charge is 0.181 e. The molecule has 0 amide bonds. The van der Waals surface area contributed by atoms with Crippen LogP contribution in [0.4, 0.5) is 0 Å². The molecule has 84 valence electrons. The van der Waals surface area contributed by atoms with E-state index in [2.05, 4.69) is 46.1 Å². The molecule has 0 fully saturated rings. The van der Waals surface area contributed by atoms with Crippen molar-refractivity contribution in [3.8, 4) is 0 Å². The highest BCUT2D eigenvalue weighted by atomic mass is 32.2. The van der Waals surface area contributed by atoms with E-state index in [1.165, 1.54) is 25.3 Å². The molecule has 0 bridgehead atoms. The summed E-state index contributed by atoms with van der Waals surface area (Å²) in [5.41, 5.74) is 0. The second-order valence-electron chi connectivity index (χ2n) is 4.75. The van der Waals surface area contributed by atoms with Crippen molar-refractivity contribution in [1.29, 1.82) is 0 Å².